The molecule has 0 radical (unpaired) electrons. The summed E-state index contributed by atoms with van der Waals surface area (Å²) >= 11 is 0. The lowest BCUT2D eigenvalue weighted by molar-refractivity contribution is -0.137. The van der Waals surface area contributed by atoms with Gasteiger partial charge in [0.2, 0.25) is 0 Å². The zero-order valence-corrected chi connectivity index (χ0v) is 8.24. The normalized spacial score (nSPS) is 10.5. The fraction of sp³-hybridized carbons (Fsp3) is 0.200. The number of halogens is 1. The first-order valence-electron chi connectivity index (χ1n) is 4.39. The molecule has 1 aromatic heterocycles. The van der Waals surface area contributed by atoms with Gasteiger partial charge in [0, 0.05) is 12.1 Å². The summed E-state index contributed by atoms with van der Waals surface area (Å²) in [5.41, 5.74) is 5.99. The van der Waals surface area contributed by atoms with Crippen molar-refractivity contribution in [3.05, 3.63) is 29.9 Å². The van der Waals surface area contributed by atoms with Gasteiger partial charge in [-0.25, -0.2) is 9.18 Å². The Labute approximate surface area is 86.6 Å². The standard InChI is InChI=1S/C10H11FN2O2/c1-2-15-10(14)4-3-9-8(12)5-7(11)6-13-9/h3-6H,2,12H2,1H3/b4-3+. The quantitative estimate of drug-likeness (QED) is 0.604. The molecule has 1 heterocycles. The molecule has 0 aromatic carbocycles. The number of hydrogen-bond donors (Lipinski definition) is 1. The van der Waals surface area contributed by atoms with Gasteiger partial charge >= 0.3 is 5.97 Å². The number of esters is 1. The van der Waals surface area contributed by atoms with Gasteiger partial charge in [0.15, 0.2) is 0 Å². The van der Waals surface area contributed by atoms with E-state index in [-0.39, 0.29) is 5.69 Å². The van der Waals surface area contributed by atoms with E-state index in [0.717, 1.165) is 12.3 Å². The van der Waals surface area contributed by atoms with E-state index in [2.05, 4.69) is 9.72 Å². The molecular weight excluding hydrogens is 199 g/mol. The second kappa shape index (κ2) is 5.09. The zero-order chi connectivity index (χ0) is 11.3. The maximum absolute atomic E-state index is 12.6. The van der Waals surface area contributed by atoms with Crippen molar-refractivity contribution in [2.24, 2.45) is 0 Å². The Bertz CT molecular complexity index is 391. The van der Waals surface area contributed by atoms with Crippen LogP contribution in [-0.4, -0.2) is 17.6 Å². The van der Waals surface area contributed by atoms with Crippen LogP contribution in [0.2, 0.25) is 0 Å². The zero-order valence-electron chi connectivity index (χ0n) is 8.24. The molecule has 0 aliphatic heterocycles. The molecule has 4 nitrogen and oxygen atoms in total. The summed E-state index contributed by atoms with van der Waals surface area (Å²) in [7, 11) is 0. The third-order valence-electron chi connectivity index (χ3n) is 1.58. The van der Waals surface area contributed by atoms with E-state index in [1.165, 1.54) is 12.2 Å². The maximum Gasteiger partial charge on any atom is 0.330 e. The molecule has 15 heavy (non-hydrogen) atoms. The number of rotatable bonds is 3. The number of anilines is 1. The number of carbonyl (C=O) groups is 1. The lowest BCUT2D eigenvalue weighted by Crippen LogP contribution is -2.00. The van der Waals surface area contributed by atoms with Gasteiger partial charge < -0.3 is 10.5 Å². The first-order valence-corrected chi connectivity index (χ1v) is 4.39. The highest BCUT2D eigenvalue weighted by Gasteiger charge is 2.00. The average molecular weight is 210 g/mol. The number of carbonyl (C=O) groups excluding carboxylic acids is 1. The summed E-state index contributed by atoms with van der Waals surface area (Å²) in [6.45, 7) is 2.01. The highest BCUT2D eigenvalue weighted by molar-refractivity contribution is 5.87. The monoisotopic (exact) mass is 210 g/mol. The molecule has 0 saturated heterocycles. The number of pyridine rings is 1. The lowest BCUT2D eigenvalue weighted by atomic mass is 10.3. The SMILES string of the molecule is CCOC(=O)/C=C/c1ncc(F)cc1N. The van der Waals surface area contributed by atoms with Crippen molar-refractivity contribution >= 4 is 17.7 Å². The van der Waals surface area contributed by atoms with Crippen LogP contribution in [0.25, 0.3) is 6.08 Å². The molecule has 2 N–H and O–H groups in total. The van der Waals surface area contributed by atoms with Gasteiger partial charge in [-0.05, 0) is 13.0 Å². The summed E-state index contributed by atoms with van der Waals surface area (Å²) in [6, 6.07) is 1.14. The van der Waals surface area contributed by atoms with Crippen molar-refractivity contribution in [1.82, 2.24) is 4.98 Å². The van der Waals surface area contributed by atoms with Gasteiger partial charge in [0.25, 0.3) is 0 Å². The maximum atomic E-state index is 12.6. The third kappa shape index (κ3) is 3.38. The van der Waals surface area contributed by atoms with Crippen LogP contribution in [0, 0.1) is 5.82 Å². The van der Waals surface area contributed by atoms with Crippen molar-refractivity contribution in [2.45, 2.75) is 6.92 Å². The minimum Gasteiger partial charge on any atom is -0.463 e. The second-order valence-corrected chi connectivity index (χ2v) is 2.71. The Hall–Kier alpha value is -1.91. The van der Waals surface area contributed by atoms with Crippen molar-refractivity contribution in [2.75, 3.05) is 12.3 Å². The van der Waals surface area contributed by atoms with E-state index in [4.69, 9.17) is 5.73 Å². The summed E-state index contributed by atoms with van der Waals surface area (Å²) in [5.74, 6) is -0.996. The van der Waals surface area contributed by atoms with Gasteiger partial charge in [-0.15, -0.1) is 0 Å². The summed E-state index contributed by atoms with van der Waals surface area (Å²) < 4.78 is 17.3. The third-order valence-corrected chi connectivity index (χ3v) is 1.58. The van der Waals surface area contributed by atoms with E-state index in [9.17, 15) is 9.18 Å². The largest absolute Gasteiger partial charge is 0.463 e. The number of nitrogens with two attached hydrogens (primary N) is 1. The van der Waals surface area contributed by atoms with Crippen LogP contribution in [0.3, 0.4) is 0 Å². The smallest absolute Gasteiger partial charge is 0.330 e. The number of aromatic nitrogens is 1. The summed E-state index contributed by atoms with van der Waals surface area (Å²) in [5, 5.41) is 0. The average Bonchev–Trinajstić information content (AvgIpc) is 2.17. The molecule has 0 bridgehead atoms. The van der Waals surface area contributed by atoms with Crippen LogP contribution in [0.5, 0.6) is 0 Å². The molecule has 0 amide bonds. The van der Waals surface area contributed by atoms with Gasteiger partial charge in [-0.2, -0.15) is 0 Å². The topological polar surface area (TPSA) is 65.2 Å². The fourth-order valence-electron chi connectivity index (χ4n) is 0.942. The van der Waals surface area contributed by atoms with Gasteiger partial charge in [0.1, 0.15) is 5.82 Å². The van der Waals surface area contributed by atoms with Crippen molar-refractivity contribution < 1.29 is 13.9 Å². The molecule has 0 spiro atoms. The van der Waals surface area contributed by atoms with E-state index < -0.39 is 11.8 Å². The molecule has 0 unspecified atom stereocenters. The van der Waals surface area contributed by atoms with Gasteiger partial charge in [-0.3, -0.25) is 4.98 Å². The lowest BCUT2D eigenvalue weighted by Gasteiger charge is -1.98. The molecule has 5 heteroatoms. The Morgan fingerprint density at radius 3 is 3.07 bits per heavy atom. The molecule has 0 fully saturated rings. The molecule has 1 aromatic rings. The predicted molar refractivity (Wildman–Crippen MR) is 54.3 cm³/mol. The first kappa shape index (κ1) is 11.2. The van der Waals surface area contributed by atoms with Crippen LogP contribution in [0.15, 0.2) is 18.3 Å². The van der Waals surface area contributed by atoms with E-state index in [1.807, 2.05) is 0 Å². The van der Waals surface area contributed by atoms with E-state index >= 15 is 0 Å². The number of nitrogens with zero attached hydrogens (tertiary/aromatic N) is 1. The highest BCUT2D eigenvalue weighted by Crippen LogP contribution is 2.11. The van der Waals surface area contributed by atoms with Crippen molar-refractivity contribution in [3.63, 3.8) is 0 Å². The second-order valence-electron chi connectivity index (χ2n) is 2.71. The van der Waals surface area contributed by atoms with Crippen molar-refractivity contribution in [1.29, 1.82) is 0 Å². The minimum absolute atomic E-state index is 0.176. The first-order chi connectivity index (χ1) is 7.13. The Balaban J connectivity index is 2.76. The summed E-state index contributed by atoms with van der Waals surface area (Å²) in [4.78, 5) is 14.7. The molecule has 80 valence electrons. The van der Waals surface area contributed by atoms with Crippen molar-refractivity contribution in [3.8, 4) is 0 Å². The van der Waals surface area contributed by atoms with Crippen LogP contribution in [-0.2, 0) is 9.53 Å². The van der Waals surface area contributed by atoms with E-state index in [0.29, 0.717) is 12.3 Å². The molecule has 0 aliphatic rings. The van der Waals surface area contributed by atoms with Gasteiger partial charge in [-0.1, -0.05) is 0 Å². The van der Waals surface area contributed by atoms with Crippen LogP contribution < -0.4 is 5.73 Å². The number of hydrogen-bond acceptors (Lipinski definition) is 4. The molecule has 0 atom stereocenters. The highest BCUT2D eigenvalue weighted by atomic mass is 19.1. The molecule has 0 aliphatic carbocycles. The Morgan fingerprint density at radius 2 is 2.47 bits per heavy atom. The Morgan fingerprint density at radius 1 is 1.73 bits per heavy atom. The summed E-state index contributed by atoms with van der Waals surface area (Å²) in [6.07, 6.45) is 3.61. The van der Waals surface area contributed by atoms with Crippen LogP contribution in [0.1, 0.15) is 12.6 Å². The minimum atomic E-state index is -0.513. The van der Waals surface area contributed by atoms with Crippen LogP contribution in [0.4, 0.5) is 10.1 Å². The number of nitrogen functional groups attached to an aromatic ring is 1. The predicted octanol–water partition coefficient (Wildman–Crippen LogP) is 1.38. The van der Waals surface area contributed by atoms with E-state index in [1.54, 1.807) is 6.92 Å². The molecule has 0 saturated carbocycles. The number of ether oxygens (including phenoxy) is 1. The molecular formula is C10H11FN2O2. The molecule has 1 rings (SSSR count). The van der Waals surface area contributed by atoms with Gasteiger partial charge in [0.05, 0.1) is 24.2 Å². The fourth-order valence-corrected chi connectivity index (χ4v) is 0.942. The Kier molecular flexibility index (Phi) is 3.79. The van der Waals surface area contributed by atoms with Crippen LogP contribution >= 0.6 is 0 Å².